The molecule has 0 spiro atoms. The summed E-state index contributed by atoms with van der Waals surface area (Å²) in [5.74, 6) is 0.410. The zero-order chi connectivity index (χ0) is 18.8. The molecule has 0 saturated carbocycles. The summed E-state index contributed by atoms with van der Waals surface area (Å²) in [6, 6.07) is 5.16. The molecule has 0 saturated heterocycles. The molecule has 0 amide bonds. The van der Waals surface area contributed by atoms with Crippen molar-refractivity contribution >= 4 is 93.4 Å². The van der Waals surface area contributed by atoms with Crippen LogP contribution in [0, 0.1) is 0 Å². The van der Waals surface area contributed by atoms with E-state index in [1.165, 1.54) is 6.08 Å². The molecule has 134 valence electrons. The van der Waals surface area contributed by atoms with E-state index < -0.39 is 7.59 Å². The molecule has 4 nitrogen and oxygen atoms in total. The Labute approximate surface area is 179 Å². The maximum absolute atomic E-state index is 6.17. The highest BCUT2D eigenvalue weighted by molar-refractivity contribution is 6.67. The lowest BCUT2D eigenvalue weighted by atomic mass is 10.2. The minimum atomic E-state index is -1.91. The number of aromatic nitrogens is 3. The Morgan fingerprint density at radius 2 is 1.44 bits per heavy atom. The number of halogens is 7. The molecule has 1 aromatic carbocycles. The van der Waals surface area contributed by atoms with Crippen LogP contribution in [-0.2, 0) is 7.59 Å². The van der Waals surface area contributed by atoms with Crippen molar-refractivity contribution in [2.45, 2.75) is 7.59 Å². The smallest absolute Gasteiger partial charge is 0.250 e. The van der Waals surface area contributed by atoms with Crippen LogP contribution in [-0.4, -0.2) is 22.1 Å². The van der Waals surface area contributed by atoms with Crippen molar-refractivity contribution in [2.75, 3.05) is 7.11 Å². The Balaban J connectivity index is 2.45. The highest BCUT2D eigenvalue weighted by Crippen LogP contribution is 2.40. The number of hydrogen-bond donors (Lipinski definition) is 0. The second-order valence-electron chi connectivity index (χ2n) is 4.56. The standard InChI is InChI=1S/C14H8Cl7N3O/c1-25-8-4-2-7(9(15)6-8)3-5-10-22-11(13(16,17)18)24-12(23-10)14(19,20)21/h2-6H,1H3/b5-3+. The van der Waals surface area contributed by atoms with Crippen molar-refractivity contribution < 1.29 is 4.74 Å². The highest BCUT2D eigenvalue weighted by atomic mass is 35.6. The quantitative estimate of drug-likeness (QED) is 0.478. The van der Waals surface area contributed by atoms with Crippen LogP contribution in [0.4, 0.5) is 0 Å². The van der Waals surface area contributed by atoms with Crippen molar-refractivity contribution in [2.24, 2.45) is 0 Å². The predicted molar refractivity (Wildman–Crippen MR) is 105 cm³/mol. The van der Waals surface area contributed by atoms with Crippen LogP contribution in [0.5, 0.6) is 5.75 Å². The Bertz CT molecular complexity index is 768. The van der Waals surface area contributed by atoms with Crippen molar-refractivity contribution in [3.8, 4) is 5.75 Å². The van der Waals surface area contributed by atoms with Crippen molar-refractivity contribution in [3.05, 3.63) is 46.3 Å². The number of methoxy groups -OCH3 is 1. The van der Waals surface area contributed by atoms with E-state index in [0.29, 0.717) is 16.3 Å². The van der Waals surface area contributed by atoms with E-state index in [9.17, 15) is 0 Å². The molecule has 2 rings (SSSR count). The molecular weight excluding hydrogens is 474 g/mol. The van der Waals surface area contributed by atoms with Crippen LogP contribution in [0.15, 0.2) is 18.2 Å². The van der Waals surface area contributed by atoms with Crippen LogP contribution in [0.3, 0.4) is 0 Å². The topological polar surface area (TPSA) is 47.9 Å². The van der Waals surface area contributed by atoms with E-state index in [0.717, 1.165) is 0 Å². The van der Waals surface area contributed by atoms with E-state index in [4.69, 9.17) is 85.9 Å². The normalized spacial score (nSPS) is 12.6. The SMILES string of the molecule is COc1ccc(/C=C/c2nc(C(Cl)(Cl)Cl)nc(C(Cl)(Cl)Cl)n2)c(Cl)c1. The molecule has 25 heavy (non-hydrogen) atoms. The molecule has 0 radical (unpaired) electrons. The van der Waals surface area contributed by atoms with Gasteiger partial charge < -0.3 is 4.74 Å². The van der Waals surface area contributed by atoms with Crippen LogP contribution in [0.2, 0.25) is 5.02 Å². The van der Waals surface area contributed by atoms with Gasteiger partial charge in [-0.3, -0.25) is 0 Å². The molecule has 0 N–H and O–H groups in total. The fraction of sp³-hybridized carbons (Fsp3) is 0.214. The van der Waals surface area contributed by atoms with Crippen LogP contribution >= 0.6 is 81.2 Å². The number of rotatable bonds is 3. The molecule has 0 aliphatic rings. The Morgan fingerprint density at radius 3 is 1.88 bits per heavy atom. The van der Waals surface area contributed by atoms with Gasteiger partial charge in [-0.2, -0.15) is 0 Å². The van der Waals surface area contributed by atoms with Gasteiger partial charge in [0.25, 0.3) is 0 Å². The summed E-state index contributed by atoms with van der Waals surface area (Å²) in [6.45, 7) is 0. The first-order chi connectivity index (χ1) is 11.5. The van der Waals surface area contributed by atoms with E-state index in [2.05, 4.69) is 15.0 Å². The lowest BCUT2D eigenvalue weighted by Gasteiger charge is -2.14. The molecule has 11 heteroatoms. The molecule has 1 aromatic heterocycles. The Morgan fingerprint density at radius 1 is 0.880 bits per heavy atom. The van der Waals surface area contributed by atoms with Gasteiger partial charge in [0.1, 0.15) is 5.75 Å². The first-order valence-electron chi connectivity index (χ1n) is 6.43. The maximum Gasteiger partial charge on any atom is 0.250 e. The lowest BCUT2D eigenvalue weighted by Crippen LogP contribution is -2.16. The van der Waals surface area contributed by atoms with Crippen molar-refractivity contribution in [1.29, 1.82) is 0 Å². The lowest BCUT2D eigenvalue weighted by molar-refractivity contribution is 0.415. The van der Waals surface area contributed by atoms with E-state index >= 15 is 0 Å². The van der Waals surface area contributed by atoms with Gasteiger partial charge in [0.2, 0.25) is 7.59 Å². The zero-order valence-electron chi connectivity index (χ0n) is 12.3. The fourth-order valence-electron chi connectivity index (χ4n) is 1.65. The second-order valence-corrected chi connectivity index (χ2v) is 9.53. The highest BCUT2D eigenvalue weighted by Gasteiger charge is 2.33. The Kier molecular flexibility index (Phi) is 6.94. The second kappa shape index (κ2) is 8.22. The molecule has 0 unspecified atom stereocenters. The molecule has 2 aromatic rings. The molecule has 0 aliphatic heterocycles. The number of alkyl halides is 6. The van der Waals surface area contributed by atoms with Crippen molar-refractivity contribution in [3.63, 3.8) is 0 Å². The minimum Gasteiger partial charge on any atom is -0.497 e. The summed E-state index contributed by atoms with van der Waals surface area (Å²) >= 11 is 41.1. The number of ether oxygens (including phenoxy) is 1. The largest absolute Gasteiger partial charge is 0.497 e. The van der Waals surface area contributed by atoms with Gasteiger partial charge in [0, 0.05) is 0 Å². The van der Waals surface area contributed by atoms with Crippen LogP contribution in [0.1, 0.15) is 23.0 Å². The molecular formula is C14H8Cl7N3O. The van der Waals surface area contributed by atoms with Gasteiger partial charge in [0.15, 0.2) is 17.5 Å². The van der Waals surface area contributed by atoms with Gasteiger partial charge in [-0.05, 0) is 35.9 Å². The summed E-state index contributed by atoms with van der Waals surface area (Å²) in [6.07, 6.45) is 3.18. The van der Waals surface area contributed by atoms with Crippen LogP contribution < -0.4 is 4.74 Å². The first-order valence-corrected chi connectivity index (χ1v) is 9.07. The third-order valence-electron chi connectivity index (χ3n) is 2.78. The minimum absolute atomic E-state index is 0.129. The number of benzene rings is 1. The van der Waals surface area contributed by atoms with Gasteiger partial charge in [-0.25, -0.2) is 15.0 Å². The monoisotopic (exact) mass is 479 g/mol. The van der Waals surface area contributed by atoms with Gasteiger partial charge in [-0.15, -0.1) is 0 Å². The number of hydrogen-bond acceptors (Lipinski definition) is 4. The molecule has 0 atom stereocenters. The van der Waals surface area contributed by atoms with Gasteiger partial charge >= 0.3 is 0 Å². The predicted octanol–water partition coefficient (Wildman–Crippen LogP) is 6.36. The average Bonchev–Trinajstić information content (AvgIpc) is 2.51. The first kappa shape index (κ1) is 21.1. The zero-order valence-corrected chi connectivity index (χ0v) is 17.6. The van der Waals surface area contributed by atoms with E-state index in [-0.39, 0.29) is 17.5 Å². The van der Waals surface area contributed by atoms with E-state index in [1.54, 1.807) is 31.4 Å². The third kappa shape index (κ3) is 5.90. The number of nitrogens with zero attached hydrogens (tertiary/aromatic N) is 3. The van der Waals surface area contributed by atoms with Gasteiger partial charge in [0.05, 0.1) is 12.1 Å². The van der Waals surface area contributed by atoms with Gasteiger partial charge in [-0.1, -0.05) is 81.2 Å². The summed E-state index contributed by atoms with van der Waals surface area (Å²) in [4.78, 5) is 12.0. The van der Waals surface area contributed by atoms with Crippen molar-refractivity contribution in [1.82, 2.24) is 15.0 Å². The van der Waals surface area contributed by atoms with E-state index in [1.807, 2.05) is 0 Å². The van der Waals surface area contributed by atoms with Crippen LogP contribution in [0.25, 0.3) is 12.2 Å². The summed E-state index contributed by atoms with van der Waals surface area (Å²) in [5.41, 5.74) is 0.689. The fourth-order valence-corrected chi connectivity index (χ4v) is 2.40. The molecule has 1 heterocycles. The average molecular weight is 482 g/mol. The Hall–Kier alpha value is -0.200. The molecule has 0 fully saturated rings. The summed E-state index contributed by atoms with van der Waals surface area (Å²) < 4.78 is 1.27. The maximum atomic E-state index is 6.17. The molecule has 0 bridgehead atoms. The third-order valence-corrected chi connectivity index (χ3v) is 4.12. The summed E-state index contributed by atoms with van der Waals surface area (Å²) in [5, 5.41) is 0.466. The summed E-state index contributed by atoms with van der Waals surface area (Å²) in [7, 11) is 1.54. The molecule has 0 aliphatic carbocycles.